The number of carbonyl (C=O) groups is 1. The molecule has 0 N–H and O–H groups in total. The Balaban J connectivity index is 1.94. The maximum Gasteiger partial charge on any atom is 0.222 e. The van der Waals surface area contributed by atoms with Crippen molar-refractivity contribution in [2.24, 2.45) is 4.99 Å². The van der Waals surface area contributed by atoms with E-state index >= 15 is 0 Å². The number of ether oxygens (including phenoxy) is 1. The van der Waals surface area contributed by atoms with E-state index in [1.54, 1.807) is 0 Å². The van der Waals surface area contributed by atoms with Gasteiger partial charge in [-0.2, -0.15) is 0 Å². The molecule has 0 aliphatic carbocycles. The molecule has 1 unspecified atom stereocenters. The van der Waals surface area contributed by atoms with Crippen LogP contribution in [0.25, 0.3) is 10.8 Å². The minimum atomic E-state index is -0.613. The third-order valence-corrected chi connectivity index (χ3v) is 4.19. The number of benzene rings is 3. The van der Waals surface area contributed by atoms with Crippen LogP contribution in [0.4, 0.5) is 5.69 Å². The fourth-order valence-electron chi connectivity index (χ4n) is 3.08. The number of hydrogen-bond donors (Lipinski definition) is 0. The number of fused-ring (bicyclic) bond motifs is 2. The van der Waals surface area contributed by atoms with Gasteiger partial charge in [0.2, 0.25) is 5.90 Å². The highest BCUT2D eigenvalue weighted by Gasteiger charge is 2.26. The summed E-state index contributed by atoms with van der Waals surface area (Å²) in [5, 5.41) is 2.18. The molecule has 0 bridgehead atoms. The van der Waals surface area contributed by atoms with Crippen molar-refractivity contribution in [1.82, 2.24) is 0 Å². The van der Waals surface area contributed by atoms with Gasteiger partial charge in [-0.25, -0.2) is 4.99 Å². The van der Waals surface area contributed by atoms with Gasteiger partial charge in [0, 0.05) is 11.1 Å². The highest BCUT2D eigenvalue weighted by atomic mass is 16.5. The van der Waals surface area contributed by atoms with E-state index in [0.29, 0.717) is 5.90 Å². The maximum absolute atomic E-state index is 11.5. The first kappa shape index (κ1) is 13.7. The summed E-state index contributed by atoms with van der Waals surface area (Å²) >= 11 is 0. The second-order valence-corrected chi connectivity index (χ2v) is 5.63. The lowest BCUT2D eigenvalue weighted by Crippen LogP contribution is -2.19. The van der Waals surface area contributed by atoms with Crippen molar-refractivity contribution >= 4 is 28.6 Å². The first-order chi connectivity index (χ1) is 11.3. The molecule has 3 nitrogen and oxygen atoms in total. The van der Waals surface area contributed by atoms with E-state index < -0.39 is 6.10 Å². The van der Waals surface area contributed by atoms with Crippen LogP contribution in [-0.2, 0) is 9.53 Å². The topological polar surface area (TPSA) is 38.7 Å². The minimum Gasteiger partial charge on any atom is -0.461 e. The summed E-state index contributed by atoms with van der Waals surface area (Å²) in [7, 11) is 0. The van der Waals surface area contributed by atoms with Gasteiger partial charge < -0.3 is 4.74 Å². The number of aryl methyl sites for hydroxylation is 1. The van der Waals surface area contributed by atoms with Crippen LogP contribution in [-0.4, -0.2) is 12.2 Å². The predicted octanol–water partition coefficient (Wildman–Crippen LogP) is 4.50. The summed E-state index contributed by atoms with van der Waals surface area (Å²) in [4.78, 5) is 16.2. The molecule has 3 heteroatoms. The molecular formula is C20H15NO2. The van der Waals surface area contributed by atoms with Gasteiger partial charge in [0.15, 0.2) is 12.4 Å². The van der Waals surface area contributed by atoms with Crippen molar-refractivity contribution in [3.05, 3.63) is 77.4 Å². The minimum absolute atomic E-state index is 0.497. The quantitative estimate of drug-likeness (QED) is 0.654. The zero-order valence-electron chi connectivity index (χ0n) is 12.7. The number of aldehydes is 1. The normalized spacial score (nSPS) is 16.4. The van der Waals surface area contributed by atoms with E-state index in [4.69, 9.17) is 4.74 Å². The third kappa shape index (κ3) is 2.21. The highest BCUT2D eigenvalue weighted by Crippen LogP contribution is 2.36. The molecule has 4 rings (SSSR count). The molecule has 1 heterocycles. The highest BCUT2D eigenvalue weighted by molar-refractivity contribution is 6.09. The Bertz CT molecular complexity index is 938. The van der Waals surface area contributed by atoms with Crippen LogP contribution in [0.2, 0.25) is 0 Å². The molecule has 1 atom stereocenters. The molecule has 0 spiro atoms. The van der Waals surface area contributed by atoms with E-state index in [0.717, 1.165) is 39.4 Å². The first-order valence-corrected chi connectivity index (χ1v) is 7.56. The van der Waals surface area contributed by atoms with Gasteiger partial charge in [-0.3, -0.25) is 4.79 Å². The molecule has 0 amide bonds. The fraction of sp³-hybridized carbons (Fsp3) is 0.100. The molecule has 0 fully saturated rings. The summed E-state index contributed by atoms with van der Waals surface area (Å²) in [6.07, 6.45) is 0.226. The van der Waals surface area contributed by atoms with Crippen LogP contribution < -0.4 is 0 Å². The zero-order chi connectivity index (χ0) is 15.8. The average molecular weight is 301 g/mol. The second-order valence-electron chi connectivity index (χ2n) is 5.63. The molecule has 112 valence electrons. The number of carbonyl (C=O) groups excluding carboxylic acids is 1. The van der Waals surface area contributed by atoms with Crippen LogP contribution >= 0.6 is 0 Å². The van der Waals surface area contributed by atoms with Crippen LogP contribution in [0, 0.1) is 6.92 Å². The fourth-order valence-corrected chi connectivity index (χ4v) is 3.08. The SMILES string of the molecule is Cc1cccc2c1C(C=O)OC(c1cccc3ccccc13)=N2. The van der Waals surface area contributed by atoms with Gasteiger partial charge in [-0.15, -0.1) is 0 Å². The molecule has 3 aromatic carbocycles. The Hall–Kier alpha value is -2.94. The standard InChI is InChI=1S/C20H15NO2/c1-13-6-4-11-17-19(13)18(12-22)23-20(21-17)16-10-5-8-14-7-2-3-9-15(14)16/h2-12,18H,1H3. The molecule has 0 saturated heterocycles. The monoisotopic (exact) mass is 301 g/mol. The van der Waals surface area contributed by atoms with Gasteiger partial charge in [0.1, 0.15) is 0 Å². The molecule has 1 aliphatic heterocycles. The number of nitrogens with zero attached hydrogens (tertiary/aromatic N) is 1. The number of hydrogen-bond acceptors (Lipinski definition) is 3. The Morgan fingerprint density at radius 1 is 1.00 bits per heavy atom. The summed E-state index contributed by atoms with van der Waals surface area (Å²) in [5.74, 6) is 0.497. The maximum atomic E-state index is 11.5. The smallest absolute Gasteiger partial charge is 0.222 e. The predicted molar refractivity (Wildman–Crippen MR) is 91.2 cm³/mol. The van der Waals surface area contributed by atoms with Gasteiger partial charge in [0.05, 0.1) is 5.69 Å². The van der Waals surface area contributed by atoms with Crippen LogP contribution in [0.5, 0.6) is 0 Å². The third-order valence-electron chi connectivity index (χ3n) is 4.19. The van der Waals surface area contributed by atoms with Gasteiger partial charge in [-0.05, 0) is 35.4 Å². The second kappa shape index (κ2) is 5.36. The lowest BCUT2D eigenvalue weighted by molar-refractivity contribution is -0.114. The zero-order valence-corrected chi connectivity index (χ0v) is 12.7. The Morgan fingerprint density at radius 2 is 1.78 bits per heavy atom. The van der Waals surface area contributed by atoms with E-state index in [1.807, 2.05) is 55.5 Å². The lowest BCUT2D eigenvalue weighted by Gasteiger charge is -2.24. The summed E-state index contributed by atoms with van der Waals surface area (Å²) in [5.41, 5.74) is 3.57. The molecule has 0 radical (unpaired) electrons. The van der Waals surface area contributed by atoms with Crippen molar-refractivity contribution in [3.63, 3.8) is 0 Å². The van der Waals surface area contributed by atoms with E-state index in [1.165, 1.54) is 0 Å². The summed E-state index contributed by atoms with van der Waals surface area (Å²) in [6, 6.07) is 19.9. The Labute approximate surface area is 134 Å². The van der Waals surface area contributed by atoms with E-state index in [9.17, 15) is 4.79 Å². The van der Waals surface area contributed by atoms with Crippen molar-refractivity contribution in [1.29, 1.82) is 0 Å². The molecule has 1 aliphatic rings. The average Bonchev–Trinajstić information content (AvgIpc) is 2.60. The van der Waals surface area contributed by atoms with E-state index in [-0.39, 0.29) is 0 Å². The Morgan fingerprint density at radius 3 is 2.65 bits per heavy atom. The van der Waals surface area contributed by atoms with Gasteiger partial charge in [0.25, 0.3) is 0 Å². The summed E-state index contributed by atoms with van der Waals surface area (Å²) in [6.45, 7) is 1.97. The van der Waals surface area contributed by atoms with Crippen molar-refractivity contribution in [2.45, 2.75) is 13.0 Å². The van der Waals surface area contributed by atoms with Crippen LogP contribution in [0.15, 0.2) is 65.7 Å². The largest absolute Gasteiger partial charge is 0.461 e. The molecule has 3 aromatic rings. The van der Waals surface area contributed by atoms with Gasteiger partial charge >= 0.3 is 0 Å². The molecule has 0 aromatic heterocycles. The number of rotatable bonds is 2. The van der Waals surface area contributed by atoms with Crippen molar-refractivity contribution in [3.8, 4) is 0 Å². The molecular weight excluding hydrogens is 286 g/mol. The lowest BCUT2D eigenvalue weighted by atomic mass is 9.99. The first-order valence-electron chi connectivity index (χ1n) is 7.56. The van der Waals surface area contributed by atoms with Crippen molar-refractivity contribution in [2.75, 3.05) is 0 Å². The van der Waals surface area contributed by atoms with Crippen LogP contribution in [0.1, 0.15) is 22.8 Å². The summed E-state index contributed by atoms with van der Waals surface area (Å²) < 4.78 is 5.92. The molecule has 23 heavy (non-hydrogen) atoms. The number of aliphatic imine (C=N–C) groups is 1. The van der Waals surface area contributed by atoms with Gasteiger partial charge in [-0.1, -0.05) is 48.5 Å². The van der Waals surface area contributed by atoms with Crippen LogP contribution in [0.3, 0.4) is 0 Å². The Kier molecular flexibility index (Phi) is 3.19. The molecule has 0 saturated carbocycles. The van der Waals surface area contributed by atoms with Crippen molar-refractivity contribution < 1.29 is 9.53 Å². The van der Waals surface area contributed by atoms with E-state index in [2.05, 4.69) is 17.1 Å².